The van der Waals surface area contributed by atoms with Crippen molar-refractivity contribution in [3.8, 4) is 5.75 Å². The Morgan fingerprint density at radius 1 is 1.19 bits per heavy atom. The monoisotopic (exact) mass is 358 g/mol. The van der Waals surface area contributed by atoms with Gasteiger partial charge >= 0.3 is 0 Å². The number of carbonyl (C=O) groups is 1. The number of para-hydroxylation sites is 1. The molecule has 3 rings (SSSR count). The van der Waals surface area contributed by atoms with E-state index in [9.17, 15) is 9.18 Å². The summed E-state index contributed by atoms with van der Waals surface area (Å²) in [7, 11) is 1.55. The van der Waals surface area contributed by atoms with Crippen LogP contribution in [0, 0.1) is 5.82 Å². The Balaban J connectivity index is 1.50. The maximum Gasteiger partial charge on any atom is 0.238 e. The highest BCUT2D eigenvalue weighted by Crippen LogP contribution is 2.24. The fourth-order valence-electron chi connectivity index (χ4n) is 3.07. The van der Waals surface area contributed by atoms with Crippen LogP contribution in [0.1, 0.15) is 0 Å². The summed E-state index contributed by atoms with van der Waals surface area (Å²) >= 11 is 0. The van der Waals surface area contributed by atoms with E-state index in [-0.39, 0.29) is 18.3 Å². The van der Waals surface area contributed by atoms with E-state index in [1.165, 1.54) is 6.07 Å². The number of carbonyl (C=O) groups excluding carboxylic acids is 1. The lowest BCUT2D eigenvalue weighted by Crippen LogP contribution is -2.48. The number of anilines is 3. The fraction of sp³-hybridized carbons (Fsp3) is 0.316. The predicted octanol–water partition coefficient (Wildman–Crippen LogP) is 2.18. The Kier molecular flexibility index (Phi) is 5.58. The highest BCUT2D eigenvalue weighted by molar-refractivity contribution is 5.93. The molecule has 0 radical (unpaired) electrons. The van der Waals surface area contributed by atoms with E-state index >= 15 is 0 Å². The number of nitrogens with zero attached hydrogens (tertiary/aromatic N) is 2. The lowest BCUT2D eigenvalue weighted by molar-refractivity contribution is -0.117. The first-order valence-electron chi connectivity index (χ1n) is 8.52. The number of rotatable bonds is 5. The van der Waals surface area contributed by atoms with Gasteiger partial charge in [-0.05, 0) is 30.3 Å². The van der Waals surface area contributed by atoms with E-state index in [1.807, 2.05) is 11.0 Å². The molecule has 7 heteroatoms. The van der Waals surface area contributed by atoms with Gasteiger partial charge in [-0.15, -0.1) is 0 Å². The van der Waals surface area contributed by atoms with Gasteiger partial charge in [-0.25, -0.2) is 4.39 Å². The van der Waals surface area contributed by atoms with Crippen LogP contribution in [-0.2, 0) is 4.79 Å². The molecule has 0 atom stereocenters. The van der Waals surface area contributed by atoms with E-state index in [1.54, 1.807) is 37.4 Å². The maximum atomic E-state index is 13.9. The van der Waals surface area contributed by atoms with Gasteiger partial charge in [0.1, 0.15) is 11.6 Å². The molecule has 2 aromatic carbocycles. The molecule has 1 aliphatic rings. The number of hydrogen-bond donors (Lipinski definition) is 2. The molecule has 0 aromatic heterocycles. The topological polar surface area (TPSA) is 70.8 Å². The molecule has 0 saturated carbocycles. The molecule has 2 aromatic rings. The average Bonchev–Trinajstić information content (AvgIpc) is 2.63. The Hall–Kier alpha value is -2.80. The fourth-order valence-corrected chi connectivity index (χ4v) is 3.07. The molecular weight excluding hydrogens is 335 g/mol. The number of hydrogen-bond acceptors (Lipinski definition) is 5. The van der Waals surface area contributed by atoms with Crippen LogP contribution in [0.3, 0.4) is 0 Å². The van der Waals surface area contributed by atoms with Gasteiger partial charge in [0.2, 0.25) is 5.91 Å². The second-order valence-corrected chi connectivity index (χ2v) is 6.22. The molecule has 0 aliphatic carbocycles. The number of nitrogens with two attached hydrogens (primary N) is 1. The predicted molar refractivity (Wildman–Crippen MR) is 101 cm³/mol. The minimum atomic E-state index is -0.212. The summed E-state index contributed by atoms with van der Waals surface area (Å²) in [6.07, 6.45) is 0. The van der Waals surface area contributed by atoms with Crippen LogP contribution in [0.25, 0.3) is 0 Å². The smallest absolute Gasteiger partial charge is 0.238 e. The summed E-state index contributed by atoms with van der Waals surface area (Å²) < 4.78 is 19.0. The lowest BCUT2D eigenvalue weighted by Gasteiger charge is -2.35. The summed E-state index contributed by atoms with van der Waals surface area (Å²) in [6.45, 7) is 3.06. The van der Waals surface area contributed by atoms with Crippen LogP contribution < -0.4 is 20.7 Å². The van der Waals surface area contributed by atoms with Crippen molar-refractivity contribution in [2.75, 3.05) is 55.8 Å². The van der Waals surface area contributed by atoms with E-state index < -0.39 is 0 Å². The van der Waals surface area contributed by atoms with Crippen LogP contribution in [-0.4, -0.2) is 50.6 Å². The first-order valence-corrected chi connectivity index (χ1v) is 8.52. The quantitative estimate of drug-likeness (QED) is 0.802. The first kappa shape index (κ1) is 18.0. The number of methoxy groups -OCH3 is 1. The van der Waals surface area contributed by atoms with Crippen molar-refractivity contribution in [3.05, 3.63) is 48.3 Å². The van der Waals surface area contributed by atoms with E-state index in [4.69, 9.17) is 10.5 Å². The third kappa shape index (κ3) is 4.23. The van der Waals surface area contributed by atoms with Crippen LogP contribution >= 0.6 is 0 Å². The normalized spacial score (nSPS) is 14.9. The van der Waals surface area contributed by atoms with Gasteiger partial charge in [0.25, 0.3) is 0 Å². The summed E-state index contributed by atoms with van der Waals surface area (Å²) in [6, 6.07) is 11.9. The summed E-state index contributed by atoms with van der Waals surface area (Å²) in [5, 5.41) is 2.84. The third-order valence-electron chi connectivity index (χ3n) is 4.45. The molecule has 1 fully saturated rings. The van der Waals surface area contributed by atoms with Gasteiger partial charge in [-0.1, -0.05) is 12.1 Å². The second-order valence-electron chi connectivity index (χ2n) is 6.22. The van der Waals surface area contributed by atoms with Crippen molar-refractivity contribution in [3.63, 3.8) is 0 Å². The van der Waals surface area contributed by atoms with Crippen molar-refractivity contribution < 1.29 is 13.9 Å². The summed E-state index contributed by atoms with van der Waals surface area (Å²) in [5.74, 6) is 0.261. The molecular formula is C19H23FN4O2. The number of benzene rings is 2. The van der Waals surface area contributed by atoms with Gasteiger partial charge in [-0.3, -0.25) is 9.69 Å². The molecule has 138 valence electrons. The number of halogens is 1. The molecule has 26 heavy (non-hydrogen) atoms. The SMILES string of the molecule is COc1ccc(NC(=O)CN2CCN(c3ccccc3F)CC2)cc1N. The molecule has 6 nitrogen and oxygen atoms in total. The summed E-state index contributed by atoms with van der Waals surface area (Å²) in [4.78, 5) is 16.3. The maximum absolute atomic E-state index is 13.9. The molecule has 3 N–H and O–H groups in total. The minimum absolute atomic E-state index is 0.103. The van der Waals surface area contributed by atoms with Crippen LogP contribution in [0.2, 0.25) is 0 Å². The highest BCUT2D eigenvalue weighted by atomic mass is 19.1. The molecule has 1 heterocycles. The number of amides is 1. The summed E-state index contributed by atoms with van der Waals surface area (Å²) in [5.41, 5.74) is 7.58. The Morgan fingerprint density at radius 2 is 1.92 bits per heavy atom. The number of ether oxygens (including phenoxy) is 1. The average molecular weight is 358 g/mol. The molecule has 1 saturated heterocycles. The van der Waals surface area contributed by atoms with Gasteiger partial charge in [0, 0.05) is 31.9 Å². The standard InChI is InChI=1S/C19H23FN4O2/c1-26-18-7-6-14(12-16(18)21)22-19(25)13-23-8-10-24(11-9-23)17-5-3-2-4-15(17)20/h2-7,12H,8-11,13,21H2,1H3,(H,22,25). The minimum Gasteiger partial charge on any atom is -0.495 e. The Labute approximate surface area is 152 Å². The number of piperazine rings is 1. The zero-order chi connectivity index (χ0) is 18.5. The molecule has 0 spiro atoms. The molecule has 0 bridgehead atoms. The zero-order valence-corrected chi connectivity index (χ0v) is 14.7. The number of nitrogen functional groups attached to an aromatic ring is 1. The van der Waals surface area contributed by atoms with Crippen LogP contribution in [0.15, 0.2) is 42.5 Å². The Bertz CT molecular complexity index is 776. The number of nitrogens with one attached hydrogen (secondary N) is 1. The second kappa shape index (κ2) is 8.05. The third-order valence-corrected chi connectivity index (χ3v) is 4.45. The Morgan fingerprint density at radius 3 is 2.58 bits per heavy atom. The first-order chi connectivity index (χ1) is 12.6. The molecule has 1 amide bonds. The molecule has 0 unspecified atom stereocenters. The van der Waals surface area contributed by atoms with Crippen molar-refractivity contribution in [1.82, 2.24) is 4.90 Å². The van der Waals surface area contributed by atoms with Crippen molar-refractivity contribution >= 4 is 23.0 Å². The van der Waals surface area contributed by atoms with E-state index in [0.29, 0.717) is 49.0 Å². The van der Waals surface area contributed by atoms with Crippen molar-refractivity contribution in [2.24, 2.45) is 0 Å². The largest absolute Gasteiger partial charge is 0.495 e. The van der Waals surface area contributed by atoms with Crippen LogP contribution in [0.4, 0.5) is 21.5 Å². The molecule has 1 aliphatic heterocycles. The highest BCUT2D eigenvalue weighted by Gasteiger charge is 2.20. The van der Waals surface area contributed by atoms with Gasteiger partial charge < -0.3 is 20.7 Å². The zero-order valence-electron chi connectivity index (χ0n) is 14.7. The van der Waals surface area contributed by atoms with Crippen LogP contribution in [0.5, 0.6) is 5.75 Å². The van der Waals surface area contributed by atoms with Crippen molar-refractivity contribution in [2.45, 2.75) is 0 Å². The van der Waals surface area contributed by atoms with Crippen molar-refractivity contribution in [1.29, 1.82) is 0 Å². The van der Waals surface area contributed by atoms with Gasteiger partial charge in [-0.2, -0.15) is 0 Å². The van der Waals surface area contributed by atoms with E-state index in [0.717, 1.165) is 0 Å². The van der Waals surface area contributed by atoms with E-state index in [2.05, 4.69) is 10.2 Å². The van der Waals surface area contributed by atoms with Gasteiger partial charge in [0.15, 0.2) is 0 Å². The lowest BCUT2D eigenvalue weighted by atomic mass is 10.2. The van der Waals surface area contributed by atoms with Gasteiger partial charge in [0.05, 0.1) is 25.0 Å².